The average molecular weight is 432 g/mol. The number of para-hydroxylation sites is 1. The van der Waals surface area contributed by atoms with Gasteiger partial charge in [0.05, 0.1) is 34.4 Å². The topological polar surface area (TPSA) is 111 Å². The van der Waals surface area contributed by atoms with Crippen molar-refractivity contribution in [1.29, 1.82) is 0 Å². The van der Waals surface area contributed by atoms with Crippen molar-refractivity contribution in [2.75, 3.05) is 24.5 Å². The molecule has 1 amide bonds. The minimum Gasteiger partial charge on any atom is -0.462 e. The Morgan fingerprint density at radius 1 is 1.13 bits per heavy atom. The zero-order chi connectivity index (χ0) is 21.6. The summed E-state index contributed by atoms with van der Waals surface area (Å²) >= 11 is 0. The van der Waals surface area contributed by atoms with Crippen LogP contribution in [0.15, 0.2) is 53.4 Å². The molecule has 0 saturated carbocycles. The molecule has 2 aromatic rings. The Kier molecular flexibility index (Phi) is 7.07. The molecule has 1 heterocycles. The zero-order valence-electron chi connectivity index (χ0n) is 16.6. The second kappa shape index (κ2) is 9.73. The highest BCUT2D eigenvalue weighted by molar-refractivity contribution is 7.92. The van der Waals surface area contributed by atoms with Gasteiger partial charge in [-0.2, -0.15) is 0 Å². The first-order valence-electron chi connectivity index (χ1n) is 9.69. The van der Waals surface area contributed by atoms with E-state index < -0.39 is 16.0 Å². The van der Waals surface area contributed by atoms with E-state index in [0.29, 0.717) is 13.2 Å². The second-order valence-electron chi connectivity index (χ2n) is 6.74. The molecule has 30 heavy (non-hydrogen) atoms. The van der Waals surface area contributed by atoms with Crippen molar-refractivity contribution in [1.82, 2.24) is 5.32 Å². The molecule has 0 aliphatic carbocycles. The van der Waals surface area contributed by atoms with Crippen LogP contribution in [-0.2, 0) is 19.5 Å². The van der Waals surface area contributed by atoms with Crippen LogP contribution in [0.4, 0.5) is 5.69 Å². The van der Waals surface area contributed by atoms with Gasteiger partial charge < -0.3 is 14.8 Å². The molecule has 1 unspecified atom stereocenters. The van der Waals surface area contributed by atoms with E-state index in [-0.39, 0.29) is 40.3 Å². The summed E-state index contributed by atoms with van der Waals surface area (Å²) in [5, 5.41) is 2.79. The number of rotatable bonds is 8. The fourth-order valence-corrected chi connectivity index (χ4v) is 4.15. The van der Waals surface area contributed by atoms with Crippen molar-refractivity contribution in [3.63, 3.8) is 0 Å². The third kappa shape index (κ3) is 5.37. The number of hydrogen-bond acceptors (Lipinski definition) is 6. The van der Waals surface area contributed by atoms with Crippen molar-refractivity contribution in [3.05, 3.63) is 59.7 Å². The number of benzene rings is 2. The van der Waals surface area contributed by atoms with Gasteiger partial charge >= 0.3 is 5.97 Å². The fraction of sp³-hybridized carbons (Fsp3) is 0.333. The standard InChI is InChI=1S/C21H24N2O6S/c1-2-28-21(25)15-9-11-17(12-10-15)30(26,27)23-19-8-4-3-7-18(19)20(24)22-14-16-6-5-13-29-16/h3-4,7-12,16,23H,2,5-6,13-14H2,1H3,(H,22,24). The molecule has 0 spiro atoms. The first-order chi connectivity index (χ1) is 14.4. The van der Waals surface area contributed by atoms with Crippen molar-refractivity contribution in [2.24, 2.45) is 0 Å². The van der Waals surface area contributed by atoms with E-state index >= 15 is 0 Å². The van der Waals surface area contributed by atoms with Gasteiger partial charge in [-0.1, -0.05) is 12.1 Å². The minimum atomic E-state index is -3.96. The van der Waals surface area contributed by atoms with Crippen LogP contribution < -0.4 is 10.0 Å². The largest absolute Gasteiger partial charge is 0.462 e. The van der Waals surface area contributed by atoms with E-state index in [4.69, 9.17) is 9.47 Å². The van der Waals surface area contributed by atoms with E-state index in [2.05, 4.69) is 10.0 Å². The van der Waals surface area contributed by atoms with Crippen molar-refractivity contribution >= 4 is 27.6 Å². The Morgan fingerprint density at radius 2 is 1.87 bits per heavy atom. The summed E-state index contributed by atoms with van der Waals surface area (Å²) < 4.78 is 38.4. The third-order valence-electron chi connectivity index (χ3n) is 4.61. The number of ether oxygens (including phenoxy) is 2. The van der Waals surface area contributed by atoms with Gasteiger partial charge in [-0.15, -0.1) is 0 Å². The smallest absolute Gasteiger partial charge is 0.338 e. The van der Waals surface area contributed by atoms with Gasteiger partial charge in [0.25, 0.3) is 15.9 Å². The molecule has 8 nitrogen and oxygen atoms in total. The Bertz CT molecular complexity index is 998. The average Bonchev–Trinajstić information content (AvgIpc) is 3.26. The molecular weight excluding hydrogens is 408 g/mol. The lowest BCUT2D eigenvalue weighted by Gasteiger charge is -2.14. The van der Waals surface area contributed by atoms with Crippen LogP contribution in [0, 0.1) is 0 Å². The maximum absolute atomic E-state index is 12.8. The summed E-state index contributed by atoms with van der Waals surface area (Å²) in [4.78, 5) is 24.3. The van der Waals surface area contributed by atoms with Gasteiger partial charge in [0, 0.05) is 13.2 Å². The summed E-state index contributed by atoms with van der Waals surface area (Å²) in [5.74, 6) is -0.913. The molecule has 0 bridgehead atoms. The Hall–Kier alpha value is -2.91. The molecule has 0 aromatic heterocycles. The van der Waals surface area contributed by atoms with Crippen LogP contribution in [0.5, 0.6) is 0 Å². The summed E-state index contributed by atoms with van der Waals surface area (Å²) in [6.45, 7) is 2.97. The molecule has 9 heteroatoms. The lowest BCUT2D eigenvalue weighted by atomic mass is 10.1. The Morgan fingerprint density at radius 3 is 2.53 bits per heavy atom. The SMILES string of the molecule is CCOC(=O)c1ccc(S(=O)(=O)Nc2ccccc2C(=O)NCC2CCCO2)cc1. The number of carbonyl (C=O) groups excluding carboxylic acids is 2. The molecule has 1 saturated heterocycles. The molecule has 1 aliphatic rings. The zero-order valence-corrected chi connectivity index (χ0v) is 17.4. The van der Waals surface area contributed by atoms with Crippen molar-refractivity contribution in [2.45, 2.75) is 30.8 Å². The molecular formula is C21H24N2O6S. The first kappa shape index (κ1) is 21.8. The quantitative estimate of drug-likeness (QED) is 0.621. The maximum Gasteiger partial charge on any atom is 0.338 e. The summed E-state index contributed by atoms with van der Waals surface area (Å²) in [6.07, 6.45) is 1.83. The van der Waals surface area contributed by atoms with E-state index in [1.807, 2.05) is 0 Å². The molecule has 160 valence electrons. The number of nitrogens with one attached hydrogen (secondary N) is 2. The van der Waals surface area contributed by atoms with Crippen LogP contribution in [0.3, 0.4) is 0 Å². The van der Waals surface area contributed by atoms with Crippen molar-refractivity contribution in [3.8, 4) is 0 Å². The number of anilines is 1. The van der Waals surface area contributed by atoms with Gasteiger partial charge in [-0.3, -0.25) is 9.52 Å². The monoisotopic (exact) mass is 432 g/mol. The second-order valence-corrected chi connectivity index (χ2v) is 8.42. The van der Waals surface area contributed by atoms with Crippen LogP contribution in [-0.4, -0.2) is 46.2 Å². The van der Waals surface area contributed by atoms with Crippen molar-refractivity contribution < 1.29 is 27.5 Å². The normalized spacial score (nSPS) is 16.1. The molecule has 1 fully saturated rings. The minimum absolute atomic E-state index is 0.0179. The van der Waals surface area contributed by atoms with Crippen LogP contribution in [0.1, 0.15) is 40.5 Å². The van der Waals surface area contributed by atoms with E-state index in [9.17, 15) is 18.0 Å². The van der Waals surface area contributed by atoms with Gasteiger partial charge in [-0.25, -0.2) is 13.2 Å². The highest BCUT2D eigenvalue weighted by Crippen LogP contribution is 2.21. The van der Waals surface area contributed by atoms with Gasteiger partial charge in [0.15, 0.2) is 0 Å². The number of esters is 1. The highest BCUT2D eigenvalue weighted by Gasteiger charge is 2.21. The molecule has 1 atom stereocenters. The molecule has 3 rings (SSSR count). The van der Waals surface area contributed by atoms with Gasteiger partial charge in [0.1, 0.15) is 0 Å². The summed E-state index contributed by atoms with van der Waals surface area (Å²) in [5.41, 5.74) is 0.628. The third-order valence-corrected chi connectivity index (χ3v) is 5.99. The number of sulfonamides is 1. The number of carbonyl (C=O) groups is 2. The summed E-state index contributed by atoms with van der Waals surface area (Å²) in [6, 6.07) is 11.8. The predicted octanol–water partition coefficient (Wildman–Crippen LogP) is 2.57. The first-order valence-corrected chi connectivity index (χ1v) is 11.2. The van der Waals surface area contributed by atoms with Crippen LogP contribution >= 0.6 is 0 Å². The van der Waals surface area contributed by atoms with E-state index in [1.165, 1.54) is 30.3 Å². The molecule has 1 aliphatic heterocycles. The maximum atomic E-state index is 12.8. The molecule has 2 N–H and O–H groups in total. The van der Waals surface area contributed by atoms with Gasteiger partial charge in [0.2, 0.25) is 0 Å². The van der Waals surface area contributed by atoms with E-state index in [1.54, 1.807) is 25.1 Å². The lowest BCUT2D eigenvalue weighted by Crippen LogP contribution is -2.32. The molecule has 2 aromatic carbocycles. The van der Waals surface area contributed by atoms with Crippen LogP contribution in [0.25, 0.3) is 0 Å². The molecule has 0 radical (unpaired) electrons. The summed E-state index contributed by atoms with van der Waals surface area (Å²) in [7, 11) is -3.96. The Balaban J connectivity index is 1.73. The van der Waals surface area contributed by atoms with E-state index in [0.717, 1.165) is 12.8 Å². The highest BCUT2D eigenvalue weighted by atomic mass is 32.2. The predicted molar refractivity (Wildman–Crippen MR) is 111 cm³/mol. The van der Waals surface area contributed by atoms with Gasteiger partial charge in [-0.05, 0) is 56.2 Å². The van der Waals surface area contributed by atoms with Crippen LogP contribution in [0.2, 0.25) is 0 Å². The number of hydrogen-bond donors (Lipinski definition) is 2. The Labute approximate surface area is 175 Å². The fourth-order valence-electron chi connectivity index (χ4n) is 3.07. The lowest BCUT2D eigenvalue weighted by molar-refractivity contribution is 0.0526. The number of amides is 1.